The van der Waals surface area contributed by atoms with Crippen molar-refractivity contribution in [2.45, 2.75) is 25.8 Å². The van der Waals surface area contributed by atoms with Crippen LogP contribution in [0.15, 0.2) is 54.6 Å². The van der Waals surface area contributed by atoms with Crippen LogP contribution in [-0.4, -0.2) is 12.5 Å². The number of nitrogens with zero attached hydrogens (tertiary/aromatic N) is 1. The number of nitrogens with one attached hydrogen (secondary N) is 1. The highest BCUT2D eigenvalue weighted by Crippen LogP contribution is 2.18. The van der Waals surface area contributed by atoms with Crippen LogP contribution in [0.1, 0.15) is 36.9 Å². The maximum absolute atomic E-state index is 12.1. The third kappa shape index (κ3) is 5.15. The molecule has 1 atom stereocenters. The molecule has 0 fully saturated rings. The van der Waals surface area contributed by atoms with E-state index in [0.717, 1.165) is 18.4 Å². The fraction of sp³-hybridized carbons (Fsp3) is 0.263. The van der Waals surface area contributed by atoms with E-state index in [1.807, 2.05) is 36.4 Å². The summed E-state index contributed by atoms with van der Waals surface area (Å²) in [7, 11) is 0. The molecule has 0 unspecified atom stereocenters. The van der Waals surface area contributed by atoms with Crippen LogP contribution >= 0.6 is 0 Å². The number of benzene rings is 2. The van der Waals surface area contributed by atoms with Gasteiger partial charge in [0.2, 0.25) is 0 Å². The van der Waals surface area contributed by atoms with Gasteiger partial charge in [-0.1, -0.05) is 43.7 Å². The highest BCUT2D eigenvalue weighted by atomic mass is 16.5. The molecule has 4 heteroatoms. The molecule has 2 aromatic carbocycles. The fourth-order valence-electron chi connectivity index (χ4n) is 2.31. The first-order valence-corrected chi connectivity index (χ1v) is 7.70. The predicted octanol–water partition coefficient (Wildman–Crippen LogP) is 3.59. The first kappa shape index (κ1) is 16.6. The molecular formula is C19H20N2O2. The molecule has 1 N–H and O–H groups in total. The summed E-state index contributed by atoms with van der Waals surface area (Å²) in [5.74, 6) is 0.419. The molecular weight excluding hydrogens is 288 g/mol. The lowest BCUT2D eigenvalue weighted by atomic mass is 10.0. The fourth-order valence-corrected chi connectivity index (χ4v) is 2.31. The lowest BCUT2D eigenvalue weighted by Crippen LogP contribution is -2.32. The molecule has 0 heterocycles. The van der Waals surface area contributed by atoms with Gasteiger partial charge >= 0.3 is 0 Å². The van der Waals surface area contributed by atoms with Gasteiger partial charge in [-0.2, -0.15) is 5.26 Å². The number of nitriles is 1. The summed E-state index contributed by atoms with van der Waals surface area (Å²) >= 11 is 0. The number of ether oxygens (including phenoxy) is 1. The molecule has 0 bridgehead atoms. The molecule has 0 saturated carbocycles. The lowest BCUT2D eigenvalue weighted by molar-refractivity contribution is -0.123. The van der Waals surface area contributed by atoms with Crippen LogP contribution in [-0.2, 0) is 4.79 Å². The summed E-state index contributed by atoms with van der Waals surface area (Å²) in [5, 5.41) is 11.8. The smallest absolute Gasteiger partial charge is 0.258 e. The lowest BCUT2D eigenvalue weighted by Gasteiger charge is -2.18. The van der Waals surface area contributed by atoms with Crippen molar-refractivity contribution < 1.29 is 9.53 Å². The first-order chi connectivity index (χ1) is 11.2. The van der Waals surface area contributed by atoms with Crippen LogP contribution in [0, 0.1) is 11.3 Å². The zero-order valence-electron chi connectivity index (χ0n) is 13.2. The van der Waals surface area contributed by atoms with E-state index in [1.54, 1.807) is 24.3 Å². The van der Waals surface area contributed by atoms with Crippen molar-refractivity contribution in [3.63, 3.8) is 0 Å². The van der Waals surface area contributed by atoms with E-state index >= 15 is 0 Å². The Labute approximate surface area is 136 Å². The second-order valence-electron chi connectivity index (χ2n) is 5.24. The molecule has 0 aliphatic heterocycles. The van der Waals surface area contributed by atoms with Crippen LogP contribution in [0.5, 0.6) is 5.75 Å². The SMILES string of the molecule is CCC[C@@H](NC(=O)COc1ccc(C#N)cc1)c1ccccc1. The highest BCUT2D eigenvalue weighted by molar-refractivity contribution is 5.78. The van der Waals surface area contributed by atoms with E-state index in [4.69, 9.17) is 10.00 Å². The quantitative estimate of drug-likeness (QED) is 0.850. The zero-order valence-corrected chi connectivity index (χ0v) is 13.2. The summed E-state index contributed by atoms with van der Waals surface area (Å²) in [4.78, 5) is 12.1. The topological polar surface area (TPSA) is 62.1 Å². The molecule has 0 radical (unpaired) electrons. The van der Waals surface area contributed by atoms with Crippen molar-refractivity contribution in [3.05, 3.63) is 65.7 Å². The number of amides is 1. The third-order valence-electron chi connectivity index (χ3n) is 3.47. The molecule has 23 heavy (non-hydrogen) atoms. The summed E-state index contributed by atoms with van der Waals surface area (Å²) in [5.41, 5.74) is 1.66. The Balaban J connectivity index is 1.90. The minimum absolute atomic E-state index is 0.00161. The summed E-state index contributed by atoms with van der Waals surface area (Å²) < 4.78 is 5.46. The largest absolute Gasteiger partial charge is 0.484 e. The Bertz CT molecular complexity index is 660. The normalized spacial score (nSPS) is 11.3. The van der Waals surface area contributed by atoms with Crippen LogP contribution in [0.3, 0.4) is 0 Å². The zero-order chi connectivity index (χ0) is 16.5. The first-order valence-electron chi connectivity index (χ1n) is 7.70. The van der Waals surface area contributed by atoms with Crippen molar-refractivity contribution in [3.8, 4) is 11.8 Å². The Morgan fingerprint density at radius 1 is 1.17 bits per heavy atom. The molecule has 2 rings (SSSR count). The van der Waals surface area contributed by atoms with Gasteiger partial charge < -0.3 is 10.1 Å². The van der Waals surface area contributed by atoms with Gasteiger partial charge in [-0.3, -0.25) is 4.79 Å². The molecule has 0 aliphatic carbocycles. The van der Waals surface area contributed by atoms with Gasteiger partial charge in [0.05, 0.1) is 17.7 Å². The molecule has 118 valence electrons. The highest BCUT2D eigenvalue weighted by Gasteiger charge is 2.13. The molecule has 2 aromatic rings. The van der Waals surface area contributed by atoms with Gasteiger partial charge in [-0.15, -0.1) is 0 Å². The molecule has 4 nitrogen and oxygen atoms in total. The number of hydrogen-bond acceptors (Lipinski definition) is 3. The Kier molecular flexibility index (Phi) is 6.19. The van der Waals surface area contributed by atoms with Crippen LogP contribution in [0.4, 0.5) is 0 Å². The molecule has 1 amide bonds. The van der Waals surface area contributed by atoms with Crippen molar-refractivity contribution in [1.82, 2.24) is 5.32 Å². The van der Waals surface area contributed by atoms with Crippen molar-refractivity contribution >= 4 is 5.91 Å². The van der Waals surface area contributed by atoms with Crippen LogP contribution < -0.4 is 10.1 Å². The minimum Gasteiger partial charge on any atom is -0.484 e. The van der Waals surface area contributed by atoms with Gasteiger partial charge in [-0.05, 0) is 36.2 Å². The maximum atomic E-state index is 12.1. The van der Waals surface area contributed by atoms with E-state index in [-0.39, 0.29) is 18.6 Å². The van der Waals surface area contributed by atoms with Crippen molar-refractivity contribution in [1.29, 1.82) is 5.26 Å². The predicted molar refractivity (Wildman–Crippen MR) is 88.9 cm³/mol. The van der Waals surface area contributed by atoms with Gasteiger partial charge in [0, 0.05) is 0 Å². The number of hydrogen-bond donors (Lipinski definition) is 1. The summed E-state index contributed by atoms with van der Waals surface area (Å²) in [6, 6.07) is 18.7. The standard InChI is InChI=1S/C19H20N2O2/c1-2-6-18(16-7-4-3-5-8-16)21-19(22)14-23-17-11-9-15(13-20)10-12-17/h3-5,7-12,18H,2,6,14H2,1H3,(H,21,22)/t18-/m1/s1. The average Bonchev–Trinajstić information content (AvgIpc) is 2.61. The van der Waals surface area contributed by atoms with E-state index in [1.165, 1.54) is 0 Å². The van der Waals surface area contributed by atoms with E-state index in [0.29, 0.717) is 11.3 Å². The van der Waals surface area contributed by atoms with E-state index < -0.39 is 0 Å². The maximum Gasteiger partial charge on any atom is 0.258 e. The van der Waals surface area contributed by atoms with Gasteiger partial charge in [0.15, 0.2) is 6.61 Å². The minimum atomic E-state index is -0.156. The van der Waals surface area contributed by atoms with Gasteiger partial charge in [-0.25, -0.2) is 0 Å². The number of rotatable bonds is 7. The molecule has 0 spiro atoms. The monoisotopic (exact) mass is 308 g/mol. The summed E-state index contributed by atoms with van der Waals surface area (Å²) in [6.07, 6.45) is 1.86. The Hall–Kier alpha value is -2.80. The van der Waals surface area contributed by atoms with Gasteiger partial charge in [0.1, 0.15) is 5.75 Å². The Morgan fingerprint density at radius 2 is 1.87 bits per heavy atom. The van der Waals surface area contributed by atoms with E-state index in [9.17, 15) is 4.79 Å². The molecule has 0 saturated heterocycles. The second-order valence-corrected chi connectivity index (χ2v) is 5.24. The van der Waals surface area contributed by atoms with Crippen LogP contribution in [0.25, 0.3) is 0 Å². The number of carbonyl (C=O) groups excluding carboxylic acids is 1. The Morgan fingerprint density at radius 3 is 2.48 bits per heavy atom. The average molecular weight is 308 g/mol. The molecule has 0 aromatic heterocycles. The van der Waals surface area contributed by atoms with Crippen molar-refractivity contribution in [2.24, 2.45) is 0 Å². The van der Waals surface area contributed by atoms with E-state index in [2.05, 4.69) is 12.2 Å². The second kappa shape index (κ2) is 8.60. The molecule has 0 aliphatic rings. The number of carbonyl (C=O) groups is 1. The van der Waals surface area contributed by atoms with Crippen molar-refractivity contribution in [2.75, 3.05) is 6.61 Å². The summed E-state index contributed by atoms with van der Waals surface area (Å²) in [6.45, 7) is 2.05. The van der Waals surface area contributed by atoms with Crippen LogP contribution in [0.2, 0.25) is 0 Å². The van der Waals surface area contributed by atoms with Gasteiger partial charge in [0.25, 0.3) is 5.91 Å². The third-order valence-corrected chi connectivity index (χ3v) is 3.47.